The fourth-order valence-corrected chi connectivity index (χ4v) is 4.95. The standard InChI is InChI=1S/C28H36ClN3O2/c1-21-20-23(15-16-24(21)29)34-19-18-32-26-13-8-7-12-25(26)31-27(32)14-6-3-9-17-30-28(33)22-10-4-2-5-11-22/h7-8,12-13,15-16,20,22H,2-6,9-11,14,17-19H2,1H3,(H,30,33). The van der Waals surface area contributed by atoms with Crippen molar-refractivity contribution in [3.8, 4) is 5.75 Å². The van der Waals surface area contributed by atoms with Crippen molar-refractivity contribution in [3.05, 3.63) is 58.9 Å². The van der Waals surface area contributed by atoms with E-state index >= 15 is 0 Å². The molecule has 5 nitrogen and oxygen atoms in total. The van der Waals surface area contributed by atoms with Crippen molar-refractivity contribution in [2.24, 2.45) is 5.92 Å². The molecule has 0 spiro atoms. The molecule has 6 heteroatoms. The van der Waals surface area contributed by atoms with Crippen LogP contribution in [0.1, 0.15) is 62.8 Å². The summed E-state index contributed by atoms with van der Waals surface area (Å²) in [5.41, 5.74) is 3.19. The fourth-order valence-electron chi connectivity index (χ4n) is 4.83. The van der Waals surface area contributed by atoms with E-state index in [2.05, 4.69) is 28.1 Å². The number of unbranched alkanes of at least 4 members (excludes halogenated alkanes) is 2. The molecule has 0 radical (unpaired) electrons. The van der Waals surface area contributed by atoms with Crippen LogP contribution in [0.2, 0.25) is 5.02 Å². The molecular formula is C28H36ClN3O2. The maximum Gasteiger partial charge on any atom is 0.223 e. The first kappa shape index (κ1) is 24.6. The summed E-state index contributed by atoms with van der Waals surface area (Å²) in [5.74, 6) is 2.44. The topological polar surface area (TPSA) is 56.1 Å². The van der Waals surface area contributed by atoms with Gasteiger partial charge in [0.05, 0.1) is 17.6 Å². The third-order valence-electron chi connectivity index (χ3n) is 6.80. The highest BCUT2D eigenvalue weighted by molar-refractivity contribution is 6.31. The van der Waals surface area contributed by atoms with Crippen molar-refractivity contribution < 1.29 is 9.53 Å². The summed E-state index contributed by atoms with van der Waals surface area (Å²) in [6.07, 6.45) is 9.86. The summed E-state index contributed by atoms with van der Waals surface area (Å²) in [6, 6.07) is 14.0. The molecule has 4 rings (SSSR count). The molecule has 0 unspecified atom stereocenters. The maximum absolute atomic E-state index is 12.3. The Bertz CT molecular complexity index is 1090. The molecule has 34 heavy (non-hydrogen) atoms. The van der Waals surface area contributed by atoms with Crippen molar-refractivity contribution in [1.29, 1.82) is 0 Å². The predicted octanol–water partition coefficient (Wildman–Crippen LogP) is 6.49. The molecule has 0 atom stereocenters. The van der Waals surface area contributed by atoms with Crippen LogP contribution in [-0.2, 0) is 17.8 Å². The van der Waals surface area contributed by atoms with Gasteiger partial charge < -0.3 is 14.6 Å². The van der Waals surface area contributed by atoms with Gasteiger partial charge in [0.25, 0.3) is 0 Å². The van der Waals surface area contributed by atoms with Gasteiger partial charge in [-0.05, 0) is 68.5 Å². The number of hydrogen-bond donors (Lipinski definition) is 1. The zero-order chi connectivity index (χ0) is 23.8. The summed E-state index contributed by atoms with van der Waals surface area (Å²) >= 11 is 6.12. The number of nitrogens with one attached hydrogen (secondary N) is 1. The first-order chi connectivity index (χ1) is 16.6. The lowest BCUT2D eigenvalue weighted by molar-refractivity contribution is -0.125. The minimum absolute atomic E-state index is 0.243. The molecule has 1 amide bonds. The zero-order valence-electron chi connectivity index (χ0n) is 20.2. The number of aryl methyl sites for hydroxylation is 2. The maximum atomic E-state index is 12.3. The van der Waals surface area contributed by atoms with Crippen molar-refractivity contribution in [2.75, 3.05) is 13.2 Å². The number of aromatic nitrogens is 2. The molecule has 2 aromatic carbocycles. The number of imidazole rings is 1. The van der Waals surface area contributed by atoms with E-state index in [1.54, 1.807) is 0 Å². The normalized spacial score (nSPS) is 14.4. The van der Waals surface area contributed by atoms with Gasteiger partial charge in [-0.1, -0.05) is 49.4 Å². The molecular weight excluding hydrogens is 446 g/mol. The van der Waals surface area contributed by atoms with Crippen LogP contribution in [0.15, 0.2) is 42.5 Å². The molecule has 0 aliphatic heterocycles. The average molecular weight is 482 g/mol. The van der Waals surface area contributed by atoms with Crippen molar-refractivity contribution in [1.82, 2.24) is 14.9 Å². The Morgan fingerprint density at radius 2 is 1.94 bits per heavy atom. The van der Waals surface area contributed by atoms with E-state index in [9.17, 15) is 4.79 Å². The highest BCUT2D eigenvalue weighted by Gasteiger charge is 2.20. The second-order valence-electron chi connectivity index (χ2n) is 9.36. The Morgan fingerprint density at radius 3 is 2.76 bits per heavy atom. The quantitative estimate of drug-likeness (QED) is 0.318. The van der Waals surface area contributed by atoms with E-state index in [-0.39, 0.29) is 11.8 Å². The molecule has 1 N–H and O–H groups in total. The van der Waals surface area contributed by atoms with Crippen LogP contribution in [0, 0.1) is 12.8 Å². The van der Waals surface area contributed by atoms with Gasteiger partial charge in [-0.25, -0.2) is 4.98 Å². The van der Waals surface area contributed by atoms with Crippen LogP contribution in [-0.4, -0.2) is 28.6 Å². The summed E-state index contributed by atoms with van der Waals surface area (Å²) in [4.78, 5) is 17.2. The van der Waals surface area contributed by atoms with Gasteiger partial charge in [-0.3, -0.25) is 4.79 Å². The van der Waals surface area contributed by atoms with E-state index < -0.39 is 0 Å². The second-order valence-corrected chi connectivity index (χ2v) is 9.77. The van der Waals surface area contributed by atoms with Gasteiger partial charge in [-0.15, -0.1) is 0 Å². The monoisotopic (exact) mass is 481 g/mol. The number of ether oxygens (including phenoxy) is 1. The van der Waals surface area contributed by atoms with Gasteiger partial charge in [0.1, 0.15) is 18.2 Å². The van der Waals surface area contributed by atoms with Crippen molar-refractivity contribution in [3.63, 3.8) is 0 Å². The van der Waals surface area contributed by atoms with E-state index in [4.69, 9.17) is 21.3 Å². The van der Waals surface area contributed by atoms with Gasteiger partial charge in [0.15, 0.2) is 0 Å². The number of fused-ring (bicyclic) bond motifs is 1. The Labute approximate surface area is 207 Å². The first-order valence-corrected chi connectivity index (χ1v) is 13.1. The summed E-state index contributed by atoms with van der Waals surface area (Å²) < 4.78 is 8.28. The summed E-state index contributed by atoms with van der Waals surface area (Å²) in [5, 5.41) is 3.90. The van der Waals surface area contributed by atoms with Crippen molar-refractivity contribution in [2.45, 2.75) is 71.3 Å². The number of hydrogen-bond acceptors (Lipinski definition) is 3. The Kier molecular flexibility index (Phi) is 8.86. The number of carbonyl (C=O) groups excluding carboxylic acids is 1. The number of nitrogens with zero attached hydrogens (tertiary/aromatic N) is 2. The first-order valence-electron chi connectivity index (χ1n) is 12.7. The number of rotatable bonds is 11. The molecule has 1 saturated carbocycles. The van der Waals surface area contributed by atoms with Crippen LogP contribution in [0.3, 0.4) is 0 Å². The van der Waals surface area contributed by atoms with Gasteiger partial charge in [-0.2, -0.15) is 0 Å². The molecule has 0 saturated heterocycles. The molecule has 0 bridgehead atoms. The van der Waals surface area contributed by atoms with Crippen LogP contribution in [0.5, 0.6) is 5.75 Å². The number of benzene rings is 2. The SMILES string of the molecule is Cc1cc(OCCn2c(CCCCCNC(=O)C3CCCCC3)nc3ccccc32)ccc1Cl. The van der Waals surface area contributed by atoms with E-state index in [0.717, 1.165) is 84.8 Å². The Balaban J connectivity index is 1.26. The highest BCUT2D eigenvalue weighted by Crippen LogP contribution is 2.24. The lowest BCUT2D eigenvalue weighted by Crippen LogP contribution is -2.32. The van der Waals surface area contributed by atoms with Crippen LogP contribution in [0.25, 0.3) is 11.0 Å². The van der Waals surface area contributed by atoms with E-state index in [1.807, 2.05) is 31.2 Å². The molecule has 1 fully saturated rings. The second kappa shape index (κ2) is 12.3. The lowest BCUT2D eigenvalue weighted by Gasteiger charge is -2.20. The van der Waals surface area contributed by atoms with Crippen molar-refractivity contribution >= 4 is 28.5 Å². The Hall–Kier alpha value is -2.53. The number of halogens is 1. The van der Waals surface area contributed by atoms with Gasteiger partial charge in [0.2, 0.25) is 5.91 Å². The van der Waals surface area contributed by atoms with Gasteiger partial charge in [0, 0.05) is 23.9 Å². The minimum Gasteiger partial charge on any atom is -0.492 e. The largest absolute Gasteiger partial charge is 0.492 e. The molecule has 1 aliphatic carbocycles. The fraction of sp³-hybridized carbons (Fsp3) is 0.500. The molecule has 3 aromatic rings. The van der Waals surface area contributed by atoms with E-state index in [0.29, 0.717) is 6.61 Å². The number of amides is 1. The summed E-state index contributed by atoms with van der Waals surface area (Å²) in [7, 11) is 0. The van der Waals surface area contributed by atoms with Crippen LogP contribution in [0.4, 0.5) is 0 Å². The molecule has 1 aromatic heterocycles. The van der Waals surface area contributed by atoms with Crippen LogP contribution >= 0.6 is 11.6 Å². The molecule has 1 aliphatic rings. The molecule has 1 heterocycles. The highest BCUT2D eigenvalue weighted by atomic mass is 35.5. The summed E-state index contributed by atoms with van der Waals surface area (Å²) in [6.45, 7) is 4.08. The third kappa shape index (κ3) is 6.53. The zero-order valence-corrected chi connectivity index (χ0v) is 20.9. The predicted molar refractivity (Wildman–Crippen MR) is 139 cm³/mol. The Morgan fingerprint density at radius 1 is 1.12 bits per heavy atom. The van der Waals surface area contributed by atoms with E-state index in [1.165, 1.54) is 19.3 Å². The minimum atomic E-state index is 0.243. The average Bonchev–Trinajstić information content (AvgIpc) is 3.21. The van der Waals surface area contributed by atoms with Gasteiger partial charge >= 0.3 is 0 Å². The number of para-hydroxylation sites is 2. The smallest absolute Gasteiger partial charge is 0.223 e. The third-order valence-corrected chi connectivity index (χ3v) is 7.22. The van der Waals surface area contributed by atoms with Crippen LogP contribution < -0.4 is 10.1 Å². The lowest BCUT2D eigenvalue weighted by atomic mass is 9.89. The molecule has 182 valence electrons. The number of carbonyl (C=O) groups is 1.